The van der Waals surface area contributed by atoms with Crippen LogP contribution in [0, 0.1) is 6.92 Å². The number of likely N-dealkylation sites (tertiary alicyclic amines) is 1. The van der Waals surface area contributed by atoms with Gasteiger partial charge in [-0.25, -0.2) is 9.97 Å². The molecule has 0 radical (unpaired) electrons. The molecule has 1 fully saturated rings. The number of hydrogen-bond donors (Lipinski definition) is 1. The molecule has 1 aliphatic rings. The van der Waals surface area contributed by atoms with Crippen LogP contribution in [0.5, 0.6) is 0 Å². The summed E-state index contributed by atoms with van der Waals surface area (Å²) in [7, 11) is 1.96. The molecule has 2 heterocycles. The first-order valence-electron chi connectivity index (χ1n) is 9.13. The number of aliphatic hydroxyl groups is 1. The van der Waals surface area contributed by atoms with Gasteiger partial charge in [-0.05, 0) is 18.9 Å². The summed E-state index contributed by atoms with van der Waals surface area (Å²) in [6.07, 6.45) is 1.48. The number of aryl methyl sites for hydroxylation is 1. The van der Waals surface area contributed by atoms with Gasteiger partial charge in [-0.2, -0.15) is 0 Å². The quantitative estimate of drug-likeness (QED) is 0.787. The number of β-amino-alcohol motifs (C(OH)–C–C–N with tert-alkyl or cyclic N) is 1. The van der Waals surface area contributed by atoms with E-state index >= 15 is 0 Å². The van der Waals surface area contributed by atoms with E-state index in [1.807, 2.05) is 31.9 Å². The lowest BCUT2D eigenvalue weighted by Gasteiger charge is -2.30. The topological polar surface area (TPSA) is 52.5 Å². The molecule has 0 amide bonds. The van der Waals surface area contributed by atoms with Crippen LogP contribution in [-0.2, 0) is 13.0 Å². The number of likely N-dealkylation sites (N-methyl/N-ethyl adjacent to an activating group) is 1. The van der Waals surface area contributed by atoms with Gasteiger partial charge < -0.3 is 10.0 Å². The second-order valence-corrected chi connectivity index (χ2v) is 7.62. The van der Waals surface area contributed by atoms with Gasteiger partial charge in [0.1, 0.15) is 16.8 Å². The Bertz CT molecular complexity index is 755. The predicted molar refractivity (Wildman–Crippen MR) is 106 cm³/mol. The predicted octanol–water partition coefficient (Wildman–Crippen LogP) is 3.07. The number of benzene rings is 1. The fraction of sp³-hybridized carbons (Fsp3) is 0.500. The SMILES string of the molecule is CCc1nc(Cl)c(C)c(N(C)CC2(O)CCN(Cc3ccccc3)C2)n1. The van der Waals surface area contributed by atoms with Crippen LogP contribution in [0.3, 0.4) is 0 Å². The number of hydrogen-bond acceptors (Lipinski definition) is 5. The van der Waals surface area contributed by atoms with E-state index in [1.54, 1.807) is 0 Å². The van der Waals surface area contributed by atoms with E-state index in [1.165, 1.54) is 5.56 Å². The Labute approximate surface area is 160 Å². The molecule has 6 heteroatoms. The van der Waals surface area contributed by atoms with Crippen molar-refractivity contribution in [3.8, 4) is 0 Å². The lowest BCUT2D eigenvalue weighted by atomic mass is 10.0. The van der Waals surface area contributed by atoms with Crippen molar-refractivity contribution in [3.63, 3.8) is 0 Å². The fourth-order valence-electron chi connectivity index (χ4n) is 3.61. The maximum absolute atomic E-state index is 11.1. The zero-order chi connectivity index (χ0) is 18.7. The Morgan fingerprint density at radius 1 is 1.27 bits per heavy atom. The molecule has 0 aliphatic carbocycles. The average molecular weight is 375 g/mol. The minimum absolute atomic E-state index is 0.489. The number of anilines is 1. The normalized spacial score (nSPS) is 20.5. The molecule has 1 aromatic heterocycles. The van der Waals surface area contributed by atoms with Crippen LogP contribution < -0.4 is 4.90 Å². The summed E-state index contributed by atoms with van der Waals surface area (Å²) in [5, 5.41) is 11.6. The third-order valence-electron chi connectivity index (χ3n) is 4.98. The standard InChI is InChI=1S/C20H27ClN4O/c1-4-17-22-18(21)15(2)19(23-17)24(3)13-20(26)10-11-25(14-20)12-16-8-6-5-7-9-16/h5-9,26H,4,10-14H2,1-3H3. The molecular weight excluding hydrogens is 348 g/mol. The van der Waals surface area contributed by atoms with E-state index in [-0.39, 0.29) is 0 Å². The average Bonchev–Trinajstić information content (AvgIpc) is 2.98. The molecule has 5 nitrogen and oxygen atoms in total. The number of aromatic nitrogens is 2. The van der Waals surface area contributed by atoms with Crippen molar-refractivity contribution in [2.75, 3.05) is 31.6 Å². The zero-order valence-corrected chi connectivity index (χ0v) is 16.5. The summed E-state index contributed by atoms with van der Waals surface area (Å²) in [6, 6.07) is 10.4. The van der Waals surface area contributed by atoms with Crippen LogP contribution in [0.2, 0.25) is 5.15 Å². The van der Waals surface area contributed by atoms with Gasteiger partial charge in [0.15, 0.2) is 0 Å². The maximum Gasteiger partial charge on any atom is 0.137 e. The first kappa shape index (κ1) is 19.1. The Morgan fingerprint density at radius 3 is 2.69 bits per heavy atom. The maximum atomic E-state index is 11.1. The molecule has 1 aromatic carbocycles. The zero-order valence-electron chi connectivity index (χ0n) is 15.7. The molecule has 140 valence electrons. The molecule has 2 aromatic rings. The highest BCUT2D eigenvalue weighted by Gasteiger charge is 2.37. The van der Waals surface area contributed by atoms with Gasteiger partial charge in [-0.3, -0.25) is 4.90 Å². The van der Waals surface area contributed by atoms with Gasteiger partial charge in [-0.1, -0.05) is 48.9 Å². The van der Waals surface area contributed by atoms with Crippen molar-refractivity contribution in [2.45, 2.75) is 38.8 Å². The van der Waals surface area contributed by atoms with E-state index in [9.17, 15) is 5.11 Å². The molecular formula is C20H27ClN4O. The van der Waals surface area contributed by atoms with Crippen LogP contribution in [0.4, 0.5) is 5.82 Å². The summed E-state index contributed by atoms with van der Waals surface area (Å²) < 4.78 is 0. The Hall–Kier alpha value is -1.69. The number of nitrogens with zero attached hydrogens (tertiary/aromatic N) is 4. The van der Waals surface area contributed by atoms with E-state index < -0.39 is 5.60 Å². The number of halogens is 1. The second-order valence-electron chi connectivity index (χ2n) is 7.26. The van der Waals surface area contributed by atoms with E-state index in [0.717, 1.165) is 43.1 Å². The van der Waals surface area contributed by atoms with Gasteiger partial charge in [0.25, 0.3) is 0 Å². The Balaban J connectivity index is 1.68. The van der Waals surface area contributed by atoms with Gasteiger partial charge in [0.05, 0.1) is 5.60 Å². The van der Waals surface area contributed by atoms with Crippen LogP contribution in [-0.4, -0.2) is 52.3 Å². The lowest BCUT2D eigenvalue weighted by Crippen LogP contribution is -2.44. The van der Waals surface area contributed by atoms with Crippen molar-refractivity contribution in [1.82, 2.24) is 14.9 Å². The van der Waals surface area contributed by atoms with Crippen LogP contribution in [0.15, 0.2) is 30.3 Å². The molecule has 0 bridgehead atoms. The van der Waals surface area contributed by atoms with E-state index in [0.29, 0.717) is 18.2 Å². The Kier molecular flexibility index (Phi) is 5.80. The smallest absolute Gasteiger partial charge is 0.137 e. The van der Waals surface area contributed by atoms with Gasteiger partial charge in [-0.15, -0.1) is 0 Å². The minimum Gasteiger partial charge on any atom is -0.387 e. The molecule has 26 heavy (non-hydrogen) atoms. The van der Waals surface area contributed by atoms with Crippen molar-refractivity contribution in [1.29, 1.82) is 0 Å². The highest BCUT2D eigenvalue weighted by Crippen LogP contribution is 2.28. The molecule has 0 spiro atoms. The third-order valence-corrected chi connectivity index (χ3v) is 5.34. The molecule has 1 N–H and O–H groups in total. The monoisotopic (exact) mass is 374 g/mol. The lowest BCUT2D eigenvalue weighted by molar-refractivity contribution is 0.0561. The minimum atomic E-state index is -0.750. The fourth-order valence-corrected chi connectivity index (χ4v) is 3.79. The van der Waals surface area contributed by atoms with Gasteiger partial charge in [0, 0.05) is 45.2 Å². The first-order chi connectivity index (χ1) is 12.4. The highest BCUT2D eigenvalue weighted by atomic mass is 35.5. The molecule has 1 aliphatic heterocycles. The number of rotatable bonds is 6. The first-order valence-corrected chi connectivity index (χ1v) is 9.51. The molecule has 1 atom stereocenters. The van der Waals surface area contributed by atoms with Crippen molar-refractivity contribution in [2.24, 2.45) is 0 Å². The summed E-state index contributed by atoms with van der Waals surface area (Å²) in [4.78, 5) is 13.2. The van der Waals surface area contributed by atoms with Crippen LogP contribution in [0.1, 0.15) is 30.3 Å². The Morgan fingerprint density at radius 2 is 2.00 bits per heavy atom. The van der Waals surface area contributed by atoms with Crippen LogP contribution in [0.25, 0.3) is 0 Å². The summed E-state index contributed by atoms with van der Waals surface area (Å²) >= 11 is 6.26. The summed E-state index contributed by atoms with van der Waals surface area (Å²) in [6.45, 7) is 6.87. The van der Waals surface area contributed by atoms with E-state index in [4.69, 9.17) is 11.6 Å². The van der Waals surface area contributed by atoms with Crippen LogP contribution >= 0.6 is 11.6 Å². The molecule has 0 saturated carbocycles. The summed E-state index contributed by atoms with van der Waals surface area (Å²) in [5.41, 5.74) is 1.38. The second kappa shape index (κ2) is 7.91. The highest BCUT2D eigenvalue weighted by molar-refractivity contribution is 6.30. The summed E-state index contributed by atoms with van der Waals surface area (Å²) in [5.74, 6) is 1.53. The molecule has 3 rings (SSSR count). The van der Waals surface area contributed by atoms with Crippen molar-refractivity contribution in [3.05, 3.63) is 52.4 Å². The van der Waals surface area contributed by atoms with Crippen molar-refractivity contribution < 1.29 is 5.11 Å². The van der Waals surface area contributed by atoms with Gasteiger partial charge >= 0.3 is 0 Å². The molecule has 1 unspecified atom stereocenters. The van der Waals surface area contributed by atoms with Gasteiger partial charge in [0.2, 0.25) is 0 Å². The third kappa shape index (κ3) is 4.34. The van der Waals surface area contributed by atoms with Crippen molar-refractivity contribution >= 4 is 17.4 Å². The van der Waals surface area contributed by atoms with E-state index in [2.05, 4.69) is 39.1 Å². The molecule has 1 saturated heterocycles. The largest absolute Gasteiger partial charge is 0.387 e.